The maximum atomic E-state index is 12.8. The summed E-state index contributed by atoms with van der Waals surface area (Å²) in [5.74, 6) is 2.19. The molecule has 0 radical (unpaired) electrons. The lowest BCUT2D eigenvalue weighted by Gasteiger charge is -2.60. The number of rotatable bonds is 4. The average Bonchev–Trinajstić information content (AvgIpc) is 2.82. The van der Waals surface area contributed by atoms with Crippen LogP contribution >= 0.6 is 0 Å². The number of likely N-dealkylation sites (N-methyl/N-ethyl adjacent to an activating group) is 1. The van der Waals surface area contributed by atoms with E-state index in [0.29, 0.717) is 11.3 Å². The van der Waals surface area contributed by atoms with Crippen molar-refractivity contribution in [3.8, 4) is 0 Å². The molecule has 1 N–H and O–H groups in total. The highest BCUT2D eigenvalue weighted by atomic mass is 16.2. The van der Waals surface area contributed by atoms with Crippen molar-refractivity contribution < 1.29 is 9.59 Å². The Hall–Kier alpha value is -1.84. The van der Waals surface area contributed by atoms with Crippen LogP contribution in [0.1, 0.15) is 52.0 Å². The number of nitrogens with zero attached hydrogens (tertiary/aromatic N) is 1. The first kappa shape index (κ1) is 17.6. The number of para-hydroxylation sites is 1. The molecule has 3 saturated carbocycles. The van der Waals surface area contributed by atoms with Gasteiger partial charge in [-0.1, -0.05) is 32.0 Å². The van der Waals surface area contributed by atoms with Gasteiger partial charge in [-0.2, -0.15) is 0 Å². The third-order valence-electron chi connectivity index (χ3n) is 7.71. The summed E-state index contributed by atoms with van der Waals surface area (Å²) in [6.45, 7) is 7.41. The maximum absolute atomic E-state index is 12.8. The van der Waals surface area contributed by atoms with Crippen molar-refractivity contribution in [1.82, 2.24) is 5.32 Å². The molecule has 4 aliphatic rings. The van der Waals surface area contributed by atoms with Crippen molar-refractivity contribution in [2.75, 3.05) is 18.5 Å². The molecule has 4 heteroatoms. The summed E-state index contributed by atoms with van der Waals surface area (Å²) in [7, 11) is 1.79. The van der Waals surface area contributed by atoms with Gasteiger partial charge >= 0.3 is 0 Å². The van der Waals surface area contributed by atoms with E-state index in [0.717, 1.165) is 29.6 Å². The van der Waals surface area contributed by atoms with Crippen LogP contribution in [0.3, 0.4) is 0 Å². The molecule has 1 aromatic carbocycles. The third-order valence-corrected chi connectivity index (χ3v) is 7.71. The van der Waals surface area contributed by atoms with E-state index in [1.165, 1.54) is 19.3 Å². The van der Waals surface area contributed by atoms with Crippen LogP contribution in [0, 0.1) is 23.2 Å². The summed E-state index contributed by atoms with van der Waals surface area (Å²) in [5, 5.41) is 3.15. The minimum absolute atomic E-state index is 0.00878. The van der Waals surface area contributed by atoms with Crippen LogP contribution in [0.15, 0.2) is 24.3 Å². The topological polar surface area (TPSA) is 49.4 Å². The van der Waals surface area contributed by atoms with Gasteiger partial charge in [0, 0.05) is 25.7 Å². The summed E-state index contributed by atoms with van der Waals surface area (Å²) in [6.07, 6.45) is 4.05. The molecule has 4 atom stereocenters. The van der Waals surface area contributed by atoms with Crippen LogP contribution in [0.4, 0.5) is 5.69 Å². The quantitative estimate of drug-likeness (QED) is 0.900. The van der Waals surface area contributed by atoms with E-state index in [4.69, 9.17) is 0 Å². The highest BCUT2D eigenvalue weighted by molar-refractivity contribution is 6.09. The molecule has 26 heavy (non-hydrogen) atoms. The number of amides is 2. The minimum atomic E-state index is -0.761. The second kappa shape index (κ2) is 5.83. The summed E-state index contributed by atoms with van der Waals surface area (Å²) in [6, 6.07) is 7.80. The first-order valence-corrected chi connectivity index (χ1v) is 9.89. The van der Waals surface area contributed by atoms with Crippen LogP contribution in [-0.4, -0.2) is 25.4 Å². The van der Waals surface area contributed by atoms with Gasteiger partial charge in [-0.05, 0) is 61.0 Å². The number of nitrogens with one attached hydrogen (secondary N) is 1. The van der Waals surface area contributed by atoms with Crippen molar-refractivity contribution in [3.63, 3.8) is 0 Å². The largest absolute Gasteiger partial charge is 0.356 e. The fourth-order valence-electron chi connectivity index (χ4n) is 5.83. The molecule has 1 heterocycles. The van der Waals surface area contributed by atoms with E-state index in [1.54, 1.807) is 11.9 Å². The Labute approximate surface area is 156 Å². The molecule has 0 unspecified atom stereocenters. The number of hydrogen-bond acceptors (Lipinski definition) is 2. The monoisotopic (exact) mass is 354 g/mol. The Balaban J connectivity index is 1.42. The van der Waals surface area contributed by atoms with Gasteiger partial charge in [0.2, 0.25) is 11.8 Å². The second-order valence-electron chi connectivity index (χ2n) is 9.39. The van der Waals surface area contributed by atoms with Crippen molar-refractivity contribution in [2.45, 2.75) is 51.9 Å². The number of benzene rings is 1. The molecule has 3 aliphatic carbocycles. The van der Waals surface area contributed by atoms with Gasteiger partial charge in [-0.25, -0.2) is 0 Å². The maximum Gasteiger partial charge on any atom is 0.237 e. The third kappa shape index (κ3) is 2.41. The molecule has 0 saturated heterocycles. The predicted octanol–water partition coefficient (Wildman–Crippen LogP) is 3.50. The Bertz CT molecular complexity index is 754. The normalized spacial score (nSPS) is 34.2. The van der Waals surface area contributed by atoms with E-state index in [9.17, 15) is 9.59 Å². The lowest BCUT2D eigenvalue weighted by molar-refractivity contribution is -0.130. The molecule has 3 fully saturated rings. The molecule has 0 spiro atoms. The molecule has 1 aliphatic heterocycles. The lowest BCUT2D eigenvalue weighted by Crippen LogP contribution is -2.54. The van der Waals surface area contributed by atoms with Gasteiger partial charge in [-0.3, -0.25) is 9.59 Å². The molecule has 5 rings (SSSR count). The number of anilines is 1. The zero-order valence-corrected chi connectivity index (χ0v) is 16.3. The molecule has 2 bridgehead atoms. The van der Waals surface area contributed by atoms with Crippen LogP contribution in [0.25, 0.3) is 0 Å². The van der Waals surface area contributed by atoms with Gasteiger partial charge in [0.25, 0.3) is 0 Å². The van der Waals surface area contributed by atoms with Crippen molar-refractivity contribution >= 4 is 17.5 Å². The van der Waals surface area contributed by atoms with Crippen LogP contribution in [-0.2, 0) is 15.0 Å². The van der Waals surface area contributed by atoms with Gasteiger partial charge in [0.1, 0.15) is 0 Å². The van der Waals surface area contributed by atoms with Crippen molar-refractivity contribution in [3.05, 3.63) is 29.8 Å². The van der Waals surface area contributed by atoms with Gasteiger partial charge in [-0.15, -0.1) is 0 Å². The highest BCUT2D eigenvalue weighted by Crippen LogP contribution is 2.61. The molecule has 140 valence electrons. The van der Waals surface area contributed by atoms with E-state index in [1.807, 2.05) is 31.2 Å². The van der Waals surface area contributed by atoms with Gasteiger partial charge in [0.15, 0.2) is 0 Å². The standard InChI is InChI=1S/C22H30N2O2/c1-21(2)15-10-9-14(17(21)11-15)13-23-19(25)12-22(3)16-7-5-6-8-18(16)24(4)20(22)26/h5-8,14-15,17H,9-13H2,1-4H3,(H,23,25)/t14-,15-,17-,22+/m0/s1. The SMILES string of the molecule is CN1C(=O)[C@](C)(CC(=O)NC[C@@H]2CC[C@H]3C[C@@H]2C3(C)C)c2ccccc21. The zero-order valence-electron chi connectivity index (χ0n) is 16.3. The zero-order chi connectivity index (χ0) is 18.7. The molecular weight excluding hydrogens is 324 g/mol. The molecule has 2 amide bonds. The summed E-state index contributed by atoms with van der Waals surface area (Å²) in [5.41, 5.74) is 1.55. The van der Waals surface area contributed by atoms with E-state index in [-0.39, 0.29) is 18.2 Å². The van der Waals surface area contributed by atoms with Gasteiger partial charge < -0.3 is 10.2 Å². The first-order valence-electron chi connectivity index (χ1n) is 9.89. The van der Waals surface area contributed by atoms with Crippen LogP contribution < -0.4 is 10.2 Å². The van der Waals surface area contributed by atoms with Crippen molar-refractivity contribution in [2.24, 2.45) is 23.2 Å². The Kier molecular flexibility index (Phi) is 3.94. The van der Waals surface area contributed by atoms with Gasteiger partial charge in [0.05, 0.1) is 5.41 Å². The van der Waals surface area contributed by atoms with E-state index < -0.39 is 5.41 Å². The summed E-state index contributed by atoms with van der Waals surface area (Å²) >= 11 is 0. The summed E-state index contributed by atoms with van der Waals surface area (Å²) in [4.78, 5) is 27.2. The minimum Gasteiger partial charge on any atom is -0.356 e. The first-order chi connectivity index (χ1) is 12.2. The number of carbonyl (C=O) groups excluding carboxylic acids is 2. The highest BCUT2D eigenvalue weighted by Gasteiger charge is 2.54. The number of fused-ring (bicyclic) bond motifs is 3. The van der Waals surface area contributed by atoms with E-state index >= 15 is 0 Å². The molecule has 4 nitrogen and oxygen atoms in total. The summed E-state index contributed by atoms with van der Waals surface area (Å²) < 4.78 is 0. The Morgan fingerprint density at radius 1 is 1.23 bits per heavy atom. The van der Waals surface area contributed by atoms with E-state index in [2.05, 4.69) is 19.2 Å². The second-order valence-corrected chi connectivity index (χ2v) is 9.39. The molecule has 1 aromatic rings. The average molecular weight is 354 g/mol. The lowest BCUT2D eigenvalue weighted by atomic mass is 9.45. The smallest absolute Gasteiger partial charge is 0.237 e. The Morgan fingerprint density at radius 2 is 1.96 bits per heavy atom. The number of carbonyl (C=O) groups is 2. The Morgan fingerprint density at radius 3 is 2.65 bits per heavy atom. The fourth-order valence-corrected chi connectivity index (χ4v) is 5.83. The fraction of sp³-hybridized carbons (Fsp3) is 0.636. The predicted molar refractivity (Wildman–Crippen MR) is 103 cm³/mol. The molecular formula is C22H30N2O2. The van der Waals surface area contributed by atoms with Crippen molar-refractivity contribution in [1.29, 1.82) is 0 Å². The van der Waals surface area contributed by atoms with Crippen LogP contribution in [0.5, 0.6) is 0 Å². The number of hydrogen-bond donors (Lipinski definition) is 1. The molecule has 0 aromatic heterocycles. The van der Waals surface area contributed by atoms with Crippen LogP contribution in [0.2, 0.25) is 0 Å².